The molecule has 0 radical (unpaired) electrons. The number of aryl methyl sites for hydroxylation is 1. The Balaban J connectivity index is 1.43. The minimum absolute atomic E-state index is 0.134. The molecule has 0 aliphatic heterocycles. The molecule has 0 saturated heterocycles. The second-order valence-electron chi connectivity index (χ2n) is 10.4. The Kier molecular flexibility index (Phi) is 8.01. The molecule has 1 atom stereocenters. The smallest absolute Gasteiger partial charge is 0.262 e. The Labute approximate surface area is 215 Å². The van der Waals surface area contributed by atoms with Crippen LogP contribution in [0.25, 0.3) is 0 Å². The summed E-state index contributed by atoms with van der Waals surface area (Å²) in [7, 11) is 0. The summed E-state index contributed by atoms with van der Waals surface area (Å²) in [5, 5.41) is 9.93. The van der Waals surface area contributed by atoms with Gasteiger partial charge in [0, 0.05) is 17.1 Å². The first-order chi connectivity index (χ1) is 16.6. The predicted molar refractivity (Wildman–Crippen MR) is 139 cm³/mol. The Morgan fingerprint density at radius 3 is 2.66 bits per heavy atom. The van der Waals surface area contributed by atoms with E-state index >= 15 is 0 Å². The molecule has 0 spiro atoms. The van der Waals surface area contributed by atoms with Crippen molar-refractivity contribution in [3.8, 4) is 0 Å². The summed E-state index contributed by atoms with van der Waals surface area (Å²) in [4.78, 5) is 32.0. The van der Waals surface area contributed by atoms with Crippen molar-refractivity contribution < 1.29 is 14.0 Å². The van der Waals surface area contributed by atoms with Crippen LogP contribution >= 0.6 is 22.9 Å². The van der Waals surface area contributed by atoms with E-state index in [4.69, 9.17) is 11.6 Å². The van der Waals surface area contributed by atoms with Gasteiger partial charge in [0.1, 0.15) is 12.2 Å². The monoisotopic (exact) mass is 520 g/mol. The molecule has 2 aliphatic rings. The summed E-state index contributed by atoms with van der Waals surface area (Å²) in [6.07, 6.45) is 6.59. The molecule has 2 aliphatic carbocycles. The van der Waals surface area contributed by atoms with E-state index in [0.717, 1.165) is 41.9 Å². The number of rotatable bonds is 9. The van der Waals surface area contributed by atoms with Crippen LogP contribution in [-0.4, -0.2) is 35.1 Å². The zero-order valence-electron chi connectivity index (χ0n) is 20.5. The summed E-state index contributed by atoms with van der Waals surface area (Å²) >= 11 is 7.51. The lowest BCUT2D eigenvalue weighted by Crippen LogP contribution is -2.53. The number of nitrogens with one attached hydrogen (secondary N) is 3. The molecule has 4 rings (SSSR count). The standard InChI is InChI=1S/C26H34ClFN4O2S/c1-15-20(11-17(27)14-29-15)32-26(2,3)23-9-8-22(35-23)25(34)31-21(10-16-6-4-5-7-16)24(33)30-19-12-18(28)13-19/h8-9,11,14,16,18-19,21,32H,4-7,10,12-13H2,1-3H3,(H,30,33)(H,31,34)/t18-,19-,21-/m0/s1. The highest BCUT2D eigenvalue weighted by atomic mass is 35.5. The number of amides is 2. The Hall–Kier alpha value is -2.19. The first-order valence-corrected chi connectivity index (χ1v) is 13.6. The molecule has 2 aromatic heterocycles. The van der Waals surface area contributed by atoms with Crippen molar-refractivity contribution in [1.29, 1.82) is 0 Å². The van der Waals surface area contributed by atoms with Crippen LogP contribution in [0.15, 0.2) is 24.4 Å². The van der Waals surface area contributed by atoms with Crippen molar-refractivity contribution in [2.75, 3.05) is 5.32 Å². The van der Waals surface area contributed by atoms with Crippen LogP contribution < -0.4 is 16.0 Å². The van der Waals surface area contributed by atoms with Crippen LogP contribution in [0.1, 0.15) is 79.0 Å². The number of carbonyl (C=O) groups is 2. The molecular formula is C26H34ClFN4O2S. The van der Waals surface area contributed by atoms with Gasteiger partial charge >= 0.3 is 0 Å². The van der Waals surface area contributed by atoms with Crippen molar-refractivity contribution in [3.63, 3.8) is 0 Å². The number of hydrogen-bond donors (Lipinski definition) is 3. The second-order valence-corrected chi connectivity index (χ2v) is 11.9. The first-order valence-electron chi connectivity index (χ1n) is 12.4. The lowest BCUT2D eigenvalue weighted by atomic mass is 9.90. The molecule has 2 heterocycles. The molecule has 2 aromatic rings. The summed E-state index contributed by atoms with van der Waals surface area (Å²) in [5.41, 5.74) is 1.21. The Morgan fingerprint density at radius 2 is 1.97 bits per heavy atom. The highest BCUT2D eigenvalue weighted by Gasteiger charge is 2.34. The third-order valence-corrected chi connectivity index (χ3v) is 8.65. The average molecular weight is 521 g/mol. The molecule has 9 heteroatoms. The van der Waals surface area contributed by atoms with Gasteiger partial charge in [0.25, 0.3) is 5.91 Å². The van der Waals surface area contributed by atoms with Gasteiger partial charge in [-0.15, -0.1) is 11.3 Å². The van der Waals surface area contributed by atoms with Gasteiger partial charge in [0.05, 0.1) is 26.8 Å². The van der Waals surface area contributed by atoms with E-state index in [-0.39, 0.29) is 17.9 Å². The zero-order chi connectivity index (χ0) is 25.2. The van der Waals surface area contributed by atoms with Crippen LogP contribution in [0.3, 0.4) is 0 Å². The number of pyridine rings is 1. The number of thiophene rings is 1. The third kappa shape index (κ3) is 6.53. The van der Waals surface area contributed by atoms with Crippen LogP contribution in [0.4, 0.5) is 10.1 Å². The quantitative estimate of drug-likeness (QED) is 0.393. The molecule has 2 amide bonds. The maximum atomic E-state index is 13.2. The molecule has 2 saturated carbocycles. The number of nitrogens with zero attached hydrogens (tertiary/aromatic N) is 1. The molecule has 3 N–H and O–H groups in total. The normalized spacial score (nSPS) is 21.3. The van der Waals surface area contributed by atoms with E-state index in [1.165, 1.54) is 11.3 Å². The van der Waals surface area contributed by atoms with Gasteiger partial charge < -0.3 is 16.0 Å². The number of aromatic nitrogens is 1. The van der Waals surface area contributed by atoms with Crippen molar-refractivity contribution in [3.05, 3.63) is 44.9 Å². The maximum Gasteiger partial charge on any atom is 0.262 e. The lowest BCUT2D eigenvalue weighted by Gasteiger charge is -2.32. The van der Waals surface area contributed by atoms with Gasteiger partial charge in [-0.1, -0.05) is 37.3 Å². The molecule has 0 unspecified atom stereocenters. The minimum atomic E-state index is -0.837. The summed E-state index contributed by atoms with van der Waals surface area (Å²) in [6.45, 7) is 5.98. The second kappa shape index (κ2) is 10.8. The fourth-order valence-electron chi connectivity index (χ4n) is 4.84. The fourth-order valence-corrected chi connectivity index (χ4v) is 5.96. The van der Waals surface area contributed by atoms with E-state index in [1.54, 1.807) is 12.3 Å². The molecular weight excluding hydrogens is 487 g/mol. The highest BCUT2D eigenvalue weighted by molar-refractivity contribution is 7.14. The topological polar surface area (TPSA) is 83.1 Å². The Bertz CT molecular complexity index is 1060. The van der Waals surface area contributed by atoms with Gasteiger partial charge in [-0.3, -0.25) is 14.6 Å². The highest BCUT2D eigenvalue weighted by Crippen LogP contribution is 2.33. The van der Waals surface area contributed by atoms with E-state index in [0.29, 0.717) is 35.1 Å². The molecule has 2 fully saturated rings. The van der Waals surface area contributed by atoms with Crippen LogP contribution in [0.2, 0.25) is 5.02 Å². The van der Waals surface area contributed by atoms with Crippen molar-refractivity contribution >= 4 is 40.4 Å². The molecule has 0 aromatic carbocycles. The molecule has 190 valence electrons. The van der Waals surface area contributed by atoms with Gasteiger partial charge in [0.2, 0.25) is 5.91 Å². The number of anilines is 1. The molecule has 6 nitrogen and oxygen atoms in total. The van der Waals surface area contributed by atoms with Crippen molar-refractivity contribution in [2.24, 2.45) is 5.92 Å². The lowest BCUT2D eigenvalue weighted by molar-refractivity contribution is -0.125. The van der Waals surface area contributed by atoms with Gasteiger partial charge in [-0.05, 0) is 64.2 Å². The number of alkyl halides is 1. The largest absolute Gasteiger partial charge is 0.374 e. The number of halogens is 2. The van der Waals surface area contributed by atoms with Crippen LogP contribution in [-0.2, 0) is 10.3 Å². The van der Waals surface area contributed by atoms with Crippen molar-refractivity contribution in [1.82, 2.24) is 15.6 Å². The number of hydrogen-bond acceptors (Lipinski definition) is 5. The first kappa shape index (κ1) is 25.9. The van der Waals surface area contributed by atoms with Crippen LogP contribution in [0.5, 0.6) is 0 Å². The third-order valence-electron chi connectivity index (χ3n) is 7.04. The van der Waals surface area contributed by atoms with E-state index in [1.807, 2.05) is 32.9 Å². The van der Waals surface area contributed by atoms with E-state index in [9.17, 15) is 14.0 Å². The summed E-state index contributed by atoms with van der Waals surface area (Å²) < 4.78 is 13.2. The maximum absolute atomic E-state index is 13.2. The van der Waals surface area contributed by atoms with Crippen LogP contribution in [0, 0.1) is 12.8 Å². The minimum Gasteiger partial charge on any atom is -0.374 e. The Morgan fingerprint density at radius 1 is 1.26 bits per heavy atom. The van der Waals surface area contributed by atoms with Gasteiger partial charge in [-0.25, -0.2) is 4.39 Å². The van der Waals surface area contributed by atoms with Crippen molar-refractivity contribution in [2.45, 2.75) is 89.5 Å². The molecule has 35 heavy (non-hydrogen) atoms. The molecule has 0 bridgehead atoms. The van der Waals surface area contributed by atoms with Gasteiger partial charge in [-0.2, -0.15) is 0 Å². The van der Waals surface area contributed by atoms with E-state index < -0.39 is 17.8 Å². The predicted octanol–water partition coefficient (Wildman–Crippen LogP) is 5.75. The number of carbonyl (C=O) groups excluding carboxylic acids is 2. The fraction of sp³-hybridized carbons (Fsp3) is 0.577. The summed E-state index contributed by atoms with van der Waals surface area (Å²) in [5.74, 6) is -0.0319. The van der Waals surface area contributed by atoms with E-state index in [2.05, 4.69) is 20.9 Å². The summed E-state index contributed by atoms with van der Waals surface area (Å²) in [6, 6.07) is 4.83. The SMILES string of the molecule is Cc1ncc(Cl)cc1NC(C)(C)c1ccc(C(=O)N[C@@H](CC2CCCC2)C(=O)N[C@H]2C[C@H](F)C2)s1. The average Bonchev–Trinajstić information content (AvgIpc) is 3.47. The van der Waals surface area contributed by atoms with Gasteiger partial charge in [0.15, 0.2) is 0 Å². The zero-order valence-corrected chi connectivity index (χ0v) is 22.1.